The van der Waals surface area contributed by atoms with Gasteiger partial charge in [-0.1, -0.05) is 0 Å². The van der Waals surface area contributed by atoms with Gasteiger partial charge in [-0.25, -0.2) is 0 Å². The van der Waals surface area contributed by atoms with E-state index < -0.39 is 0 Å². The normalized spacial score (nSPS) is 0. The van der Waals surface area contributed by atoms with Crippen LogP contribution in [0.25, 0.3) is 0 Å². The summed E-state index contributed by atoms with van der Waals surface area (Å²) in [6.45, 7) is 0. The molecule has 0 radical (unpaired) electrons. The van der Waals surface area contributed by atoms with Crippen molar-refractivity contribution in [2.75, 3.05) is 0 Å². The molecular weight excluding hydrogens is 144 g/mol. The summed E-state index contributed by atoms with van der Waals surface area (Å²) in [5.74, 6) is 0. The predicted octanol–water partition coefficient (Wildman–Crippen LogP) is -3.54. The molecule has 0 aromatic rings. The average molecular weight is 152 g/mol. The molecule has 0 unspecified atom stereocenters. The molecule has 0 bridgehead atoms. The van der Waals surface area contributed by atoms with Crippen molar-refractivity contribution in [3.63, 3.8) is 0 Å². The molecule has 0 heterocycles. The van der Waals surface area contributed by atoms with Crippen LogP contribution in [-0.2, 0) is 32.7 Å². The fraction of sp³-hybridized carbons (Fsp3) is 0. The molecule has 48 valence electrons. The van der Waals surface area contributed by atoms with Crippen molar-refractivity contribution in [2.24, 2.45) is 0 Å². The van der Waals surface area contributed by atoms with Crippen LogP contribution in [0.15, 0.2) is 0 Å². The van der Waals surface area contributed by atoms with Gasteiger partial charge in [0.1, 0.15) is 0 Å². The zero-order valence-electron chi connectivity index (χ0n) is 3.32. The van der Waals surface area contributed by atoms with Gasteiger partial charge in [0.05, 0.1) is 0 Å². The van der Waals surface area contributed by atoms with E-state index >= 15 is 0 Å². The van der Waals surface area contributed by atoms with Gasteiger partial charge in [0.15, 0.2) is 0 Å². The van der Waals surface area contributed by atoms with Crippen molar-refractivity contribution in [1.82, 2.24) is 0 Å². The van der Waals surface area contributed by atoms with Crippen LogP contribution in [0.2, 0.25) is 0 Å². The second-order valence-corrected chi connectivity index (χ2v) is 0. The van der Waals surface area contributed by atoms with Crippen molar-refractivity contribution in [2.45, 2.75) is 0 Å². The van der Waals surface area contributed by atoms with E-state index in [-0.39, 0.29) is 54.6 Å². The zero-order valence-corrected chi connectivity index (χ0v) is 4.88. The summed E-state index contributed by atoms with van der Waals surface area (Å²) in [7, 11) is 0. The second kappa shape index (κ2) is 863. The molecule has 0 aromatic carbocycles. The maximum atomic E-state index is 0. The molecule has 0 aliphatic heterocycles. The molecule has 0 spiro atoms. The first-order valence-corrected chi connectivity index (χ1v) is 0. The fourth-order valence-electron chi connectivity index (χ4n) is 0. The Labute approximate surface area is 55.3 Å². The number of hydrogen-bond acceptors (Lipinski definition) is 0. The Kier molecular flexibility index (Phi) is 172000. The maximum absolute atomic E-state index is 0. The van der Waals surface area contributed by atoms with Crippen molar-refractivity contribution >= 4 is 0 Å². The van der Waals surface area contributed by atoms with Crippen LogP contribution >= 0.6 is 0 Å². The summed E-state index contributed by atoms with van der Waals surface area (Å²) in [6, 6.07) is 0. The Morgan fingerprint density at radius 2 is 0.429 bits per heavy atom. The van der Waals surface area contributed by atoms with Crippen molar-refractivity contribution in [1.29, 1.82) is 0 Å². The molecule has 0 fully saturated rings. The van der Waals surface area contributed by atoms with Gasteiger partial charge in [0, 0.05) is 0 Å². The van der Waals surface area contributed by atoms with Crippen LogP contribution < -0.4 is 0 Å². The molecule has 8 N–H and O–H groups in total. The third-order valence-electron chi connectivity index (χ3n) is 0. The van der Waals surface area contributed by atoms with E-state index in [0.29, 0.717) is 0 Å². The van der Waals surface area contributed by atoms with Crippen molar-refractivity contribution < 1.29 is 54.6 Å². The van der Waals surface area contributed by atoms with Gasteiger partial charge in [0.2, 0.25) is 0 Å². The van der Waals surface area contributed by atoms with Crippen LogP contribution in [0.4, 0.5) is 0 Å². The predicted molar refractivity (Wildman–Crippen MR) is 15.8 cm³/mol. The molecule has 0 saturated heterocycles. The largest absolute Gasteiger partial charge is 4.00 e. The quantitative estimate of drug-likeness (QED) is 0.311. The molecule has 7 heteroatoms. The zero-order chi connectivity index (χ0) is 0. The standard InChI is InChI=1S/4H2O.2O.Ti/h4*1H2;;;/q;;;;2*-2;+4. The molecule has 0 amide bonds. The molecule has 0 saturated carbocycles. The summed E-state index contributed by atoms with van der Waals surface area (Å²) >= 11 is 0. The Bertz CT molecular complexity index is 4.14. The van der Waals surface area contributed by atoms with E-state index in [2.05, 4.69) is 0 Å². The van der Waals surface area contributed by atoms with Gasteiger partial charge in [0.25, 0.3) is 0 Å². The van der Waals surface area contributed by atoms with Gasteiger partial charge < -0.3 is 32.9 Å². The molecule has 7 heavy (non-hydrogen) atoms. The summed E-state index contributed by atoms with van der Waals surface area (Å²) < 4.78 is 0. The van der Waals surface area contributed by atoms with Gasteiger partial charge in [-0.15, -0.1) is 0 Å². The SMILES string of the molecule is O.O.O.O.[O-2].[O-2].[Ti+4]. The molecule has 0 aliphatic carbocycles. The minimum absolute atomic E-state index is 0. The van der Waals surface area contributed by atoms with Crippen LogP contribution in [0.1, 0.15) is 0 Å². The molecular formula is H8O6Ti. The van der Waals surface area contributed by atoms with Gasteiger partial charge >= 0.3 is 21.7 Å². The third-order valence-corrected chi connectivity index (χ3v) is 0. The first-order chi connectivity index (χ1) is 0. The van der Waals surface area contributed by atoms with Crippen molar-refractivity contribution in [3.05, 3.63) is 0 Å². The Hall–Kier alpha value is 0.474. The van der Waals surface area contributed by atoms with Gasteiger partial charge in [-0.05, 0) is 0 Å². The Morgan fingerprint density at radius 1 is 0.429 bits per heavy atom. The minimum Gasteiger partial charge on any atom is -2.00 e. The van der Waals surface area contributed by atoms with Crippen molar-refractivity contribution in [3.8, 4) is 0 Å². The molecule has 6 nitrogen and oxygen atoms in total. The first kappa shape index (κ1) is 1390. The fourth-order valence-corrected chi connectivity index (χ4v) is 0. The number of hydrogen-bond donors (Lipinski definition) is 0. The van der Waals surface area contributed by atoms with E-state index in [1.165, 1.54) is 0 Å². The summed E-state index contributed by atoms with van der Waals surface area (Å²) in [5.41, 5.74) is 0. The summed E-state index contributed by atoms with van der Waals surface area (Å²) in [5, 5.41) is 0. The Morgan fingerprint density at radius 3 is 0.429 bits per heavy atom. The van der Waals surface area contributed by atoms with E-state index in [0.717, 1.165) is 0 Å². The molecule has 0 rings (SSSR count). The monoisotopic (exact) mass is 152 g/mol. The summed E-state index contributed by atoms with van der Waals surface area (Å²) in [6.07, 6.45) is 0. The average Bonchev–Trinajstić information content (AvgIpc) is 0. The molecule has 0 aliphatic rings. The van der Waals surface area contributed by atoms with E-state index in [9.17, 15) is 0 Å². The first-order valence-electron chi connectivity index (χ1n) is 0. The van der Waals surface area contributed by atoms with E-state index in [1.54, 1.807) is 0 Å². The molecule has 0 atom stereocenters. The topological polar surface area (TPSA) is 183 Å². The third kappa shape index (κ3) is 576. The van der Waals surface area contributed by atoms with E-state index in [1.807, 2.05) is 0 Å². The van der Waals surface area contributed by atoms with Gasteiger partial charge in [-0.3, -0.25) is 0 Å². The van der Waals surface area contributed by atoms with Crippen LogP contribution in [-0.4, -0.2) is 21.9 Å². The molecule has 0 aromatic heterocycles. The van der Waals surface area contributed by atoms with Crippen LogP contribution in [0.3, 0.4) is 0 Å². The maximum Gasteiger partial charge on any atom is 4.00 e. The van der Waals surface area contributed by atoms with E-state index in [4.69, 9.17) is 0 Å². The summed E-state index contributed by atoms with van der Waals surface area (Å²) in [4.78, 5) is 0. The number of rotatable bonds is 0. The second-order valence-electron chi connectivity index (χ2n) is 0. The Balaban J connectivity index is 0. The smallest absolute Gasteiger partial charge is 2.00 e. The van der Waals surface area contributed by atoms with Crippen LogP contribution in [0.5, 0.6) is 0 Å². The van der Waals surface area contributed by atoms with Crippen LogP contribution in [0, 0.1) is 0 Å². The minimum atomic E-state index is 0. The van der Waals surface area contributed by atoms with Gasteiger partial charge in [-0.2, -0.15) is 0 Å².